The van der Waals surface area contributed by atoms with Gasteiger partial charge in [0.15, 0.2) is 0 Å². The SMILES string of the molecule is CCCCCCN(C)c1ccc(C=C2SC(=S)N(CC(=O)NS(=O)(=O)c3ccccc3)C2=O)cc1. The summed E-state index contributed by atoms with van der Waals surface area (Å²) >= 11 is 6.36. The van der Waals surface area contributed by atoms with Crippen LogP contribution < -0.4 is 9.62 Å². The van der Waals surface area contributed by atoms with Gasteiger partial charge in [0, 0.05) is 19.3 Å². The van der Waals surface area contributed by atoms with Crippen LogP contribution in [0.3, 0.4) is 0 Å². The highest BCUT2D eigenvalue weighted by Crippen LogP contribution is 2.32. The maximum atomic E-state index is 12.8. The van der Waals surface area contributed by atoms with Crippen molar-refractivity contribution in [2.45, 2.75) is 37.5 Å². The third-order valence-corrected chi connectivity index (χ3v) is 8.22. The van der Waals surface area contributed by atoms with E-state index in [9.17, 15) is 18.0 Å². The van der Waals surface area contributed by atoms with E-state index >= 15 is 0 Å². The Hall–Kier alpha value is -2.69. The number of amides is 2. The third kappa shape index (κ3) is 7.39. The van der Waals surface area contributed by atoms with Gasteiger partial charge in [0.1, 0.15) is 10.9 Å². The monoisotopic (exact) mass is 531 g/mol. The molecule has 2 amide bonds. The molecule has 1 N–H and O–H groups in total. The second-order valence-electron chi connectivity index (χ2n) is 8.18. The van der Waals surface area contributed by atoms with Crippen LogP contribution >= 0.6 is 24.0 Å². The van der Waals surface area contributed by atoms with Crippen LogP contribution in [-0.4, -0.2) is 49.6 Å². The van der Waals surface area contributed by atoms with Crippen molar-refractivity contribution >= 4 is 61.9 Å². The second-order valence-corrected chi connectivity index (χ2v) is 11.5. The molecule has 0 atom stereocenters. The Bertz CT molecular complexity index is 1200. The first-order chi connectivity index (χ1) is 16.7. The lowest BCUT2D eigenvalue weighted by Crippen LogP contribution is -2.41. The average Bonchev–Trinajstić information content (AvgIpc) is 3.09. The molecule has 1 aliphatic rings. The Labute approximate surface area is 216 Å². The Morgan fingerprint density at radius 1 is 1.09 bits per heavy atom. The number of thioether (sulfide) groups is 1. The van der Waals surface area contributed by atoms with Crippen LogP contribution in [0.5, 0.6) is 0 Å². The molecule has 2 aromatic rings. The van der Waals surface area contributed by atoms with Crippen molar-refractivity contribution in [2.24, 2.45) is 0 Å². The summed E-state index contributed by atoms with van der Waals surface area (Å²) in [5.41, 5.74) is 1.94. The highest BCUT2D eigenvalue weighted by molar-refractivity contribution is 8.26. The summed E-state index contributed by atoms with van der Waals surface area (Å²) < 4.78 is 26.9. The van der Waals surface area contributed by atoms with Gasteiger partial charge >= 0.3 is 0 Å². The molecule has 0 aliphatic carbocycles. The minimum Gasteiger partial charge on any atom is -0.375 e. The van der Waals surface area contributed by atoms with Crippen molar-refractivity contribution in [3.63, 3.8) is 0 Å². The smallest absolute Gasteiger partial charge is 0.266 e. The van der Waals surface area contributed by atoms with E-state index < -0.39 is 28.4 Å². The molecule has 1 heterocycles. The number of benzene rings is 2. The zero-order valence-electron chi connectivity index (χ0n) is 19.8. The van der Waals surface area contributed by atoms with E-state index in [1.54, 1.807) is 24.3 Å². The molecule has 0 unspecified atom stereocenters. The molecule has 35 heavy (non-hydrogen) atoms. The van der Waals surface area contributed by atoms with Gasteiger partial charge in [-0.25, -0.2) is 13.1 Å². The summed E-state index contributed by atoms with van der Waals surface area (Å²) in [6.45, 7) is 2.71. The van der Waals surface area contributed by atoms with Gasteiger partial charge < -0.3 is 4.90 Å². The molecule has 186 valence electrons. The standard InChI is InChI=1S/C25H29N3O4S3/c1-3-4-5-9-16-27(2)20-14-12-19(13-15-20)17-22-24(30)28(25(33)34-22)18-23(29)26-35(31,32)21-10-7-6-8-11-21/h6-8,10-15,17H,3-5,9,16,18H2,1-2H3,(H,26,29). The summed E-state index contributed by atoms with van der Waals surface area (Å²) in [6.07, 6.45) is 6.55. The topological polar surface area (TPSA) is 86.8 Å². The van der Waals surface area contributed by atoms with Crippen LogP contribution in [0.4, 0.5) is 5.69 Å². The van der Waals surface area contributed by atoms with Crippen molar-refractivity contribution in [3.05, 3.63) is 65.1 Å². The molecule has 2 aromatic carbocycles. The molecule has 10 heteroatoms. The fraction of sp³-hybridized carbons (Fsp3) is 0.320. The molecule has 3 rings (SSSR count). The molecule has 0 radical (unpaired) electrons. The van der Waals surface area contributed by atoms with Gasteiger partial charge in [0.2, 0.25) is 0 Å². The van der Waals surface area contributed by atoms with Gasteiger partial charge in [-0.1, -0.05) is 80.5 Å². The lowest BCUT2D eigenvalue weighted by molar-refractivity contribution is -0.127. The second kappa shape index (κ2) is 12.3. The maximum Gasteiger partial charge on any atom is 0.266 e. The lowest BCUT2D eigenvalue weighted by atomic mass is 10.1. The van der Waals surface area contributed by atoms with Crippen LogP contribution in [0, 0.1) is 0 Å². The predicted molar refractivity (Wildman–Crippen MR) is 146 cm³/mol. The molecule has 1 aliphatic heterocycles. The average molecular weight is 532 g/mol. The predicted octanol–water partition coefficient (Wildman–Crippen LogP) is 4.41. The lowest BCUT2D eigenvalue weighted by Gasteiger charge is -2.19. The number of thiocarbonyl (C=S) groups is 1. The van der Waals surface area contributed by atoms with Crippen molar-refractivity contribution in [3.8, 4) is 0 Å². The van der Waals surface area contributed by atoms with E-state index in [2.05, 4.69) is 18.9 Å². The number of nitrogens with one attached hydrogen (secondary N) is 1. The van der Waals surface area contributed by atoms with Crippen molar-refractivity contribution < 1.29 is 18.0 Å². The Morgan fingerprint density at radius 2 is 1.77 bits per heavy atom. The Balaban J connectivity index is 1.61. The number of anilines is 1. The number of hydrogen-bond donors (Lipinski definition) is 1. The van der Waals surface area contributed by atoms with Gasteiger partial charge in [-0.05, 0) is 42.3 Å². The highest BCUT2D eigenvalue weighted by atomic mass is 32.2. The van der Waals surface area contributed by atoms with Crippen LogP contribution in [0.2, 0.25) is 0 Å². The van der Waals surface area contributed by atoms with Gasteiger partial charge in [-0.15, -0.1) is 0 Å². The molecule has 1 saturated heterocycles. The summed E-state index contributed by atoms with van der Waals surface area (Å²) in [4.78, 5) is 28.9. The van der Waals surface area contributed by atoms with Crippen LogP contribution in [0.1, 0.15) is 38.2 Å². The number of carbonyl (C=O) groups is 2. The Morgan fingerprint density at radius 3 is 2.43 bits per heavy atom. The number of sulfonamides is 1. The molecule has 0 saturated carbocycles. The molecular weight excluding hydrogens is 502 g/mol. The first kappa shape index (κ1) is 26.9. The summed E-state index contributed by atoms with van der Waals surface area (Å²) in [6, 6.07) is 15.4. The minimum atomic E-state index is -4.02. The summed E-state index contributed by atoms with van der Waals surface area (Å²) in [5.74, 6) is -1.26. The van der Waals surface area contributed by atoms with Crippen LogP contribution in [0.15, 0.2) is 64.4 Å². The molecule has 1 fully saturated rings. The number of rotatable bonds is 11. The zero-order valence-corrected chi connectivity index (χ0v) is 22.2. The maximum absolute atomic E-state index is 12.8. The molecular formula is C25H29N3O4S3. The summed E-state index contributed by atoms with van der Waals surface area (Å²) in [7, 11) is -1.96. The van der Waals surface area contributed by atoms with Crippen LogP contribution in [-0.2, 0) is 19.6 Å². The quantitative estimate of drug-likeness (QED) is 0.261. The minimum absolute atomic E-state index is 0.0336. The summed E-state index contributed by atoms with van der Waals surface area (Å²) in [5, 5.41) is 0. The highest BCUT2D eigenvalue weighted by Gasteiger charge is 2.34. The van der Waals surface area contributed by atoms with E-state index in [0.29, 0.717) is 4.91 Å². The van der Waals surface area contributed by atoms with Gasteiger partial charge in [0.05, 0.1) is 9.80 Å². The van der Waals surface area contributed by atoms with E-state index in [4.69, 9.17) is 12.2 Å². The first-order valence-electron chi connectivity index (χ1n) is 11.4. The van der Waals surface area contributed by atoms with E-state index in [1.807, 2.05) is 29.0 Å². The fourth-order valence-corrected chi connectivity index (χ4v) is 5.75. The van der Waals surface area contributed by atoms with Gasteiger partial charge in [0.25, 0.3) is 21.8 Å². The van der Waals surface area contributed by atoms with Crippen LogP contribution in [0.25, 0.3) is 6.08 Å². The molecule has 0 spiro atoms. The number of nitrogens with zero attached hydrogens (tertiary/aromatic N) is 2. The number of carbonyl (C=O) groups excluding carboxylic acids is 2. The molecule has 0 aromatic heterocycles. The Kier molecular flexibility index (Phi) is 9.47. The number of hydrogen-bond acceptors (Lipinski definition) is 7. The van der Waals surface area contributed by atoms with E-state index in [0.717, 1.165) is 40.9 Å². The van der Waals surface area contributed by atoms with Crippen molar-refractivity contribution in [2.75, 3.05) is 25.0 Å². The van der Waals surface area contributed by atoms with Gasteiger partial charge in [-0.3, -0.25) is 14.5 Å². The first-order valence-corrected chi connectivity index (χ1v) is 14.1. The molecule has 7 nitrogen and oxygen atoms in total. The largest absolute Gasteiger partial charge is 0.375 e. The van der Waals surface area contributed by atoms with Crippen molar-refractivity contribution in [1.29, 1.82) is 0 Å². The third-order valence-electron chi connectivity index (χ3n) is 5.46. The van der Waals surface area contributed by atoms with E-state index in [-0.39, 0.29) is 9.22 Å². The zero-order chi connectivity index (χ0) is 25.4. The van der Waals surface area contributed by atoms with Gasteiger partial charge in [-0.2, -0.15) is 0 Å². The number of unbranched alkanes of at least 4 members (excludes halogenated alkanes) is 3. The van der Waals surface area contributed by atoms with Crippen molar-refractivity contribution in [1.82, 2.24) is 9.62 Å². The fourth-order valence-electron chi connectivity index (χ4n) is 3.50. The molecule has 0 bridgehead atoms. The normalized spacial score (nSPS) is 15.0. The van der Waals surface area contributed by atoms with E-state index in [1.165, 1.54) is 31.4 Å².